The number of hydrogen-bond acceptors (Lipinski definition) is 4. The fourth-order valence-corrected chi connectivity index (χ4v) is 5.97. The molecule has 0 spiro atoms. The molecule has 3 aromatic rings. The van der Waals surface area contributed by atoms with E-state index in [-0.39, 0.29) is 6.17 Å². The van der Waals surface area contributed by atoms with Gasteiger partial charge >= 0.3 is 0 Å². The van der Waals surface area contributed by atoms with Crippen molar-refractivity contribution in [3.63, 3.8) is 0 Å². The Balaban J connectivity index is 1.53. The van der Waals surface area contributed by atoms with Gasteiger partial charge in [-0.25, -0.2) is 0 Å². The number of piperidine rings is 2. The molecule has 7 rings (SSSR count). The van der Waals surface area contributed by atoms with E-state index < -0.39 is 10.8 Å². The lowest BCUT2D eigenvalue weighted by atomic mass is 9.56. The van der Waals surface area contributed by atoms with Crippen molar-refractivity contribution in [3.05, 3.63) is 102 Å². The number of ketones is 1. The largest absolute Gasteiger partial charge is 0.297 e. The van der Waals surface area contributed by atoms with Gasteiger partial charge in [-0.2, -0.15) is 0 Å². The predicted octanol–water partition coefficient (Wildman–Crippen LogP) is 3.17. The Hall–Kier alpha value is -2.82. The summed E-state index contributed by atoms with van der Waals surface area (Å²) in [6.07, 6.45) is 2.01. The van der Waals surface area contributed by atoms with Gasteiger partial charge in [-0.3, -0.25) is 19.6 Å². The number of rotatable bonds is 3. The number of carbonyl (C=O) groups excluding carboxylic acids is 1. The second-order valence-electron chi connectivity index (χ2n) is 8.66. The molecule has 0 saturated carbocycles. The molecule has 2 aromatic carbocycles. The highest BCUT2D eigenvalue weighted by molar-refractivity contribution is 6.02. The topological polar surface area (TPSA) is 36.4 Å². The molecule has 4 saturated heterocycles. The minimum atomic E-state index is -0.487. The smallest absolute Gasteiger partial charge is 0.159 e. The summed E-state index contributed by atoms with van der Waals surface area (Å²) in [7, 11) is 0. The van der Waals surface area contributed by atoms with E-state index in [9.17, 15) is 4.79 Å². The third kappa shape index (κ3) is 2.27. The summed E-state index contributed by atoms with van der Waals surface area (Å²) in [5.41, 5.74) is 2.38. The molecule has 0 aliphatic carbocycles. The first-order chi connectivity index (χ1) is 14.2. The molecule has 144 valence electrons. The predicted molar refractivity (Wildman–Crippen MR) is 111 cm³/mol. The van der Waals surface area contributed by atoms with Gasteiger partial charge in [-0.15, -0.1) is 0 Å². The van der Waals surface area contributed by atoms with Gasteiger partial charge in [0.1, 0.15) is 6.17 Å². The first kappa shape index (κ1) is 17.1. The lowest BCUT2D eigenvalue weighted by molar-refractivity contribution is -0.175. The lowest BCUT2D eigenvalue weighted by Gasteiger charge is -2.66. The van der Waals surface area contributed by atoms with Crippen molar-refractivity contribution in [2.24, 2.45) is 0 Å². The highest BCUT2D eigenvalue weighted by Crippen LogP contribution is 2.53. The van der Waals surface area contributed by atoms with Gasteiger partial charge in [-0.05, 0) is 23.3 Å². The molecule has 4 nitrogen and oxygen atoms in total. The summed E-state index contributed by atoms with van der Waals surface area (Å²) in [5, 5.41) is 0. The maximum Gasteiger partial charge on any atom is 0.159 e. The van der Waals surface area contributed by atoms with Crippen LogP contribution in [0.3, 0.4) is 0 Å². The molecule has 1 aromatic heterocycles. The average molecular weight is 381 g/mol. The van der Waals surface area contributed by atoms with Crippen LogP contribution < -0.4 is 0 Å². The highest BCUT2D eigenvalue weighted by atomic mass is 16.1. The second-order valence-corrected chi connectivity index (χ2v) is 8.66. The molecule has 29 heavy (non-hydrogen) atoms. The van der Waals surface area contributed by atoms with Crippen molar-refractivity contribution in [2.75, 3.05) is 26.2 Å². The van der Waals surface area contributed by atoms with Crippen molar-refractivity contribution in [1.29, 1.82) is 0 Å². The Kier molecular flexibility index (Phi) is 3.58. The Morgan fingerprint density at radius 3 is 1.62 bits per heavy atom. The van der Waals surface area contributed by atoms with E-state index in [1.165, 1.54) is 0 Å². The molecule has 4 aliphatic heterocycles. The molecule has 0 atom stereocenters. The minimum Gasteiger partial charge on any atom is -0.297 e. The van der Waals surface area contributed by atoms with Gasteiger partial charge < -0.3 is 0 Å². The molecule has 4 bridgehead atoms. The van der Waals surface area contributed by atoms with Crippen LogP contribution in [0.2, 0.25) is 0 Å². The van der Waals surface area contributed by atoms with Gasteiger partial charge in [0.05, 0.1) is 16.5 Å². The van der Waals surface area contributed by atoms with Gasteiger partial charge in [-0.1, -0.05) is 66.7 Å². The van der Waals surface area contributed by atoms with Crippen LogP contribution in [0, 0.1) is 0 Å². The fraction of sp³-hybridized carbons (Fsp3) is 0.280. The van der Waals surface area contributed by atoms with E-state index in [1.807, 2.05) is 24.4 Å². The molecule has 4 aliphatic rings. The summed E-state index contributed by atoms with van der Waals surface area (Å²) in [5.74, 6) is 0.384. The first-order valence-corrected chi connectivity index (χ1v) is 10.3. The van der Waals surface area contributed by atoms with E-state index in [1.54, 1.807) is 0 Å². The summed E-state index contributed by atoms with van der Waals surface area (Å²) in [6.45, 7) is 3.01. The third-order valence-corrected chi connectivity index (χ3v) is 7.06. The summed E-state index contributed by atoms with van der Waals surface area (Å²) in [4.78, 5) is 23.8. The third-order valence-electron chi connectivity index (χ3n) is 7.06. The van der Waals surface area contributed by atoms with Crippen molar-refractivity contribution in [2.45, 2.75) is 17.0 Å². The van der Waals surface area contributed by atoms with Gasteiger partial charge in [0.15, 0.2) is 5.78 Å². The van der Waals surface area contributed by atoms with E-state index in [4.69, 9.17) is 0 Å². The van der Waals surface area contributed by atoms with Crippen LogP contribution in [-0.2, 0) is 15.6 Å². The zero-order valence-electron chi connectivity index (χ0n) is 16.2. The highest BCUT2D eigenvalue weighted by Gasteiger charge is 2.66. The Morgan fingerprint density at radius 2 is 1.17 bits per heavy atom. The first-order valence-electron chi connectivity index (χ1n) is 10.3. The van der Waals surface area contributed by atoms with Crippen molar-refractivity contribution >= 4 is 5.78 Å². The Morgan fingerprint density at radius 1 is 0.690 bits per heavy atom. The number of carbonyl (C=O) groups is 1. The van der Waals surface area contributed by atoms with Crippen LogP contribution >= 0.6 is 0 Å². The van der Waals surface area contributed by atoms with Gasteiger partial charge in [0, 0.05) is 32.4 Å². The number of nitrogens with zero attached hydrogens (tertiary/aromatic N) is 3. The van der Waals surface area contributed by atoms with E-state index in [0.717, 1.165) is 43.0 Å². The standard InChI is InChI=1S/C25H23N3O/c29-23-24(19-9-3-1-4-10-19)15-27-17-25(23,20-11-5-2-6-12-20)18-28(16-24)22(27)21-13-7-8-14-26-21/h1-14,22H,15-18H2. The van der Waals surface area contributed by atoms with Crippen LogP contribution in [-0.4, -0.2) is 46.7 Å². The Bertz CT molecular complexity index is 974. The zero-order valence-corrected chi connectivity index (χ0v) is 16.2. The number of benzene rings is 2. The molecule has 0 N–H and O–H groups in total. The SMILES string of the molecule is O=C1C2(c3ccccc3)CN3CC1(c1ccccc1)CN(C2)C3c1ccccn1. The fourth-order valence-electron chi connectivity index (χ4n) is 5.97. The van der Waals surface area contributed by atoms with Crippen LogP contribution in [0.15, 0.2) is 85.1 Å². The summed E-state index contributed by atoms with van der Waals surface area (Å²) < 4.78 is 0. The number of hydrogen-bond donors (Lipinski definition) is 0. The molecule has 0 unspecified atom stereocenters. The van der Waals surface area contributed by atoms with Crippen molar-refractivity contribution in [3.8, 4) is 0 Å². The number of aromatic nitrogens is 1. The molecule has 0 amide bonds. The van der Waals surface area contributed by atoms with E-state index >= 15 is 0 Å². The van der Waals surface area contributed by atoms with Gasteiger partial charge in [0.2, 0.25) is 0 Å². The zero-order chi connectivity index (χ0) is 19.5. The molecule has 5 heterocycles. The number of Topliss-reactive ketones (excluding diaryl/α,β-unsaturated/α-hetero) is 1. The molecule has 4 heteroatoms. The van der Waals surface area contributed by atoms with E-state index in [0.29, 0.717) is 5.78 Å². The van der Waals surface area contributed by atoms with Gasteiger partial charge in [0.25, 0.3) is 0 Å². The molecular weight excluding hydrogens is 358 g/mol. The van der Waals surface area contributed by atoms with Crippen LogP contribution in [0.4, 0.5) is 0 Å². The quantitative estimate of drug-likeness (QED) is 0.698. The van der Waals surface area contributed by atoms with E-state index in [2.05, 4.69) is 75.4 Å². The molecular formula is C25H23N3O. The van der Waals surface area contributed by atoms with Crippen LogP contribution in [0.1, 0.15) is 23.0 Å². The molecule has 0 radical (unpaired) electrons. The van der Waals surface area contributed by atoms with Crippen LogP contribution in [0.5, 0.6) is 0 Å². The maximum absolute atomic E-state index is 14.2. The number of pyridine rings is 1. The average Bonchev–Trinajstić information content (AvgIpc) is 2.78. The van der Waals surface area contributed by atoms with Crippen molar-refractivity contribution < 1.29 is 4.79 Å². The second kappa shape index (κ2) is 6.09. The summed E-state index contributed by atoms with van der Waals surface area (Å²) in [6, 6.07) is 26.9. The lowest BCUT2D eigenvalue weighted by Crippen LogP contribution is -2.79. The maximum atomic E-state index is 14.2. The minimum absolute atomic E-state index is 0.137. The summed E-state index contributed by atoms with van der Waals surface area (Å²) >= 11 is 0. The normalized spacial score (nSPS) is 35.0. The van der Waals surface area contributed by atoms with Crippen LogP contribution in [0.25, 0.3) is 0 Å². The monoisotopic (exact) mass is 381 g/mol. The molecule has 4 fully saturated rings. The van der Waals surface area contributed by atoms with Crippen molar-refractivity contribution in [1.82, 2.24) is 14.8 Å². The Labute approximate surface area is 170 Å².